The summed E-state index contributed by atoms with van der Waals surface area (Å²) in [6.07, 6.45) is 2.85. The number of benzene rings is 2. The van der Waals surface area contributed by atoms with E-state index in [2.05, 4.69) is 11.4 Å². The molecular weight excluding hydrogens is 416 g/mol. The standard InChI is InChI=1S/C27H32N2O4/c1-18-14-21-16-24(21)29(18)25(30)23(28-26(31)33-27(2,3)4)15-19-10-12-22(13-11-19)32-17-20-8-6-5-7-9-20/h5-13,16,18,21,23H,14-15,17H2,1-4H3,(H,28,31). The third-order valence-corrected chi connectivity index (χ3v) is 5.79. The second-order valence-electron chi connectivity index (χ2n) is 9.81. The number of allylic oxidation sites excluding steroid dienone is 2. The van der Waals surface area contributed by atoms with Crippen molar-refractivity contribution in [2.75, 3.05) is 0 Å². The molecule has 0 bridgehead atoms. The van der Waals surface area contributed by atoms with Crippen LogP contribution in [0.4, 0.5) is 4.79 Å². The quantitative estimate of drug-likeness (QED) is 0.658. The largest absolute Gasteiger partial charge is 0.489 e. The molecule has 3 atom stereocenters. The van der Waals surface area contributed by atoms with Crippen LogP contribution in [0.2, 0.25) is 0 Å². The van der Waals surface area contributed by atoms with Gasteiger partial charge in [0, 0.05) is 24.1 Å². The normalized spacial score (nSPS) is 19.9. The Morgan fingerprint density at radius 1 is 1.06 bits per heavy atom. The van der Waals surface area contributed by atoms with E-state index < -0.39 is 17.7 Å². The van der Waals surface area contributed by atoms with Gasteiger partial charge in [0.1, 0.15) is 24.0 Å². The van der Waals surface area contributed by atoms with Gasteiger partial charge in [-0.05, 0) is 57.4 Å². The highest BCUT2D eigenvalue weighted by Gasteiger charge is 2.46. The fraction of sp³-hybridized carbons (Fsp3) is 0.407. The van der Waals surface area contributed by atoms with E-state index in [4.69, 9.17) is 9.47 Å². The minimum absolute atomic E-state index is 0.0935. The first kappa shape index (κ1) is 22.9. The molecule has 1 aliphatic carbocycles. The molecule has 2 aromatic rings. The molecule has 3 unspecified atom stereocenters. The van der Waals surface area contributed by atoms with Gasteiger partial charge in [-0.3, -0.25) is 4.79 Å². The van der Waals surface area contributed by atoms with Gasteiger partial charge in [-0.1, -0.05) is 48.5 Å². The van der Waals surface area contributed by atoms with E-state index in [-0.39, 0.29) is 11.9 Å². The third-order valence-electron chi connectivity index (χ3n) is 5.79. The third kappa shape index (κ3) is 5.95. The molecule has 0 saturated carbocycles. The Bertz CT molecular complexity index is 1020. The Kier molecular flexibility index (Phi) is 6.45. The molecule has 6 nitrogen and oxygen atoms in total. The topological polar surface area (TPSA) is 67.9 Å². The number of ether oxygens (including phenoxy) is 2. The molecule has 0 radical (unpaired) electrons. The SMILES string of the molecule is CC1CC2C=C2N1C(=O)C(Cc1ccc(OCc2ccccc2)cc1)NC(=O)OC(C)(C)C. The molecule has 2 aromatic carbocycles. The van der Waals surface area contributed by atoms with Crippen LogP contribution in [-0.4, -0.2) is 34.6 Å². The van der Waals surface area contributed by atoms with Crippen molar-refractivity contribution in [3.8, 4) is 5.75 Å². The van der Waals surface area contributed by atoms with Crippen LogP contribution in [-0.2, 0) is 22.6 Å². The highest BCUT2D eigenvalue weighted by atomic mass is 16.6. The van der Waals surface area contributed by atoms with Crippen molar-refractivity contribution in [1.82, 2.24) is 10.2 Å². The summed E-state index contributed by atoms with van der Waals surface area (Å²) < 4.78 is 11.3. The minimum Gasteiger partial charge on any atom is -0.489 e. The number of rotatable bonds is 7. The Morgan fingerprint density at radius 3 is 2.36 bits per heavy atom. The van der Waals surface area contributed by atoms with Gasteiger partial charge >= 0.3 is 6.09 Å². The lowest BCUT2D eigenvalue weighted by Crippen LogP contribution is -2.50. The smallest absolute Gasteiger partial charge is 0.408 e. The molecule has 0 aromatic heterocycles. The van der Waals surface area contributed by atoms with Gasteiger partial charge in [-0.15, -0.1) is 0 Å². The van der Waals surface area contributed by atoms with Gasteiger partial charge in [-0.25, -0.2) is 4.79 Å². The number of likely N-dealkylation sites (tertiary alicyclic amines) is 1. The van der Waals surface area contributed by atoms with E-state index in [1.54, 1.807) is 20.8 Å². The molecule has 174 valence electrons. The Balaban J connectivity index is 1.43. The second-order valence-corrected chi connectivity index (χ2v) is 9.81. The molecule has 1 heterocycles. The summed E-state index contributed by atoms with van der Waals surface area (Å²) in [7, 11) is 0. The fourth-order valence-electron chi connectivity index (χ4n) is 4.19. The van der Waals surface area contributed by atoms with Gasteiger partial charge in [0.2, 0.25) is 5.91 Å². The highest BCUT2D eigenvalue weighted by molar-refractivity contribution is 5.88. The highest BCUT2D eigenvalue weighted by Crippen LogP contribution is 2.45. The maximum atomic E-state index is 13.4. The number of nitrogens with zero attached hydrogens (tertiary/aromatic N) is 1. The summed E-state index contributed by atoms with van der Waals surface area (Å²) in [5, 5.41) is 2.81. The second kappa shape index (κ2) is 9.30. The molecule has 1 N–H and O–H groups in total. The first-order valence-electron chi connectivity index (χ1n) is 11.5. The van der Waals surface area contributed by atoms with Gasteiger partial charge in [0.15, 0.2) is 0 Å². The van der Waals surface area contributed by atoms with Gasteiger partial charge in [0.05, 0.1) is 0 Å². The number of carbonyl (C=O) groups is 2. The van der Waals surface area contributed by atoms with Crippen LogP contribution in [0.3, 0.4) is 0 Å². The first-order chi connectivity index (χ1) is 15.7. The van der Waals surface area contributed by atoms with Gasteiger partial charge in [-0.2, -0.15) is 0 Å². The average Bonchev–Trinajstić information content (AvgIpc) is 3.42. The molecule has 1 saturated heterocycles. The van der Waals surface area contributed by atoms with Crippen molar-refractivity contribution in [2.24, 2.45) is 5.92 Å². The molecule has 4 rings (SSSR count). The van der Waals surface area contributed by atoms with Crippen LogP contribution < -0.4 is 10.1 Å². The molecule has 2 amide bonds. The zero-order valence-corrected chi connectivity index (χ0v) is 19.7. The number of amides is 2. The van der Waals surface area contributed by atoms with Crippen molar-refractivity contribution < 1.29 is 19.1 Å². The van der Waals surface area contributed by atoms with Crippen LogP contribution >= 0.6 is 0 Å². The molecular formula is C27H32N2O4. The van der Waals surface area contributed by atoms with E-state index in [1.807, 2.05) is 66.4 Å². The maximum Gasteiger partial charge on any atom is 0.408 e. The zero-order valence-electron chi connectivity index (χ0n) is 19.7. The number of fused-ring (bicyclic) bond motifs is 1. The van der Waals surface area contributed by atoms with E-state index in [1.165, 1.54) is 0 Å². The van der Waals surface area contributed by atoms with Crippen LogP contribution in [0.25, 0.3) is 0 Å². The molecule has 33 heavy (non-hydrogen) atoms. The van der Waals surface area contributed by atoms with Crippen molar-refractivity contribution in [3.63, 3.8) is 0 Å². The van der Waals surface area contributed by atoms with E-state index in [0.29, 0.717) is 18.9 Å². The first-order valence-corrected chi connectivity index (χ1v) is 11.5. The number of alkyl carbamates (subject to hydrolysis) is 1. The molecule has 1 aliphatic heterocycles. The predicted molar refractivity (Wildman–Crippen MR) is 127 cm³/mol. The molecule has 1 fully saturated rings. The van der Waals surface area contributed by atoms with E-state index in [0.717, 1.165) is 29.0 Å². The summed E-state index contributed by atoms with van der Waals surface area (Å²) >= 11 is 0. The summed E-state index contributed by atoms with van der Waals surface area (Å²) in [6, 6.07) is 17.1. The minimum atomic E-state index is -0.710. The fourth-order valence-corrected chi connectivity index (χ4v) is 4.19. The van der Waals surface area contributed by atoms with Crippen LogP contribution in [0.15, 0.2) is 66.4 Å². The Morgan fingerprint density at radius 2 is 1.76 bits per heavy atom. The van der Waals surface area contributed by atoms with Crippen LogP contribution in [0, 0.1) is 5.92 Å². The monoisotopic (exact) mass is 448 g/mol. The number of carbonyl (C=O) groups excluding carboxylic acids is 2. The van der Waals surface area contributed by atoms with Crippen molar-refractivity contribution in [3.05, 3.63) is 77.5 Å². The lowest BCUT2D eigenvalue weighted by Gasteiger charge is -2.28. The number of nitrogens with one attached hydrogen (secondary N) is 1. The number of hydrogen-bond donors (Lipinski definition) is 1. The Hall–Kier alpha value is -3.28. The summed E-state index contributed by atoms with van der Waals surface area (Å²) in [5.41, 5.74) is 2.47. The van der Waals surface area contributed by atoms with Crippen molar-refractivity contribution >= 4 is 12.0 Å². The lowest BCUT2D eigenvalue weighted by atomic mass is 10.0. The zero-order chi connectivity index (χ0) is 23.6. The van der Waals surface area contributed by atoms with Crippen LogP contribution in [0.1, 0.15) is 45.2 Å². The molecule has 0 spiro atoms. The average molecular weight is 449 g/mol. The van der Waals surface area contributed by atoms with Gasteiger partial charge < -0.3 is 19.7 Å². The summed E-state index contributed by atoms with van der Waals surface area (Å²) in [6.45, 7) is 7.96. The van der Waals surface area contributed by atoms with Crippen molar-refractivity contribution in [2.45, 2.75) is 64.8 Å². The number of hydrogen-bond acceptors (Lipinski definition) is 4. The van der Waals surface area contributed by atoms with Crippen LogP contribution in [0.5, 0.6) is 5.75 Å². The van der Waals surface area contributed by atoms with E-state index in [9.17, 15) is 9.59 Å². The van der Waals surface area contributed by atoms with Crippen molar-refractivity contribution in [1.29, 1.82) is 0 Å². The summed E-state index contributed by atoms with van der Waals surface area (Å²) in [4.78, 5) is 27.7. The van der Waals surface area contributed by atoms with E-state index >= 15 is 0 Å². The molecule has 2 aliphatic rings. The molecule has 6 heteroatoms. The Labute approximate surface area is 195 Å². The summed E-state index contributed by atoms with van der Waals surface area (Å²) in [5.74, 6) is 1.07. The van der Waals surface area contributed by atoms with Gasteiger partial charge in [0.25, 0.3) is 0 Å². The maximum absolute atomic E-state index is 13.4. The lowest BCUT2D eigenvalue weighted by molar-refractivity contribution is -0.132. The predicted octanol–water partition coefficient (Wildman–Crippen LogP) is 4.84.